The van der Waals surface area contributed by atoms with Crippen LogP contribution < -0.4 is 5.56 Å². The van der Waals surface area contributed by atoms with Crippen molar-refractivity contribution < 1.29 is 5.11 Å². The molecule has 6 heteroatoms. The first-order valence-electron chi connectivity index (χ1n) is 8.70. The van der Waals surface area contributed by atoms with Crippen molar-refractivity contribution in [2.45, 2.75) is 45.1 Å². The number of hydrogen-bond acceptors (Lipinski definition) is 4. The molecule has 0 saturated heterocycles. The Morgan fingerprint density at radius 3 is 2.54 bits per heavy atom. The fraction of sp³-hybridized carbons (Fsp3) is 0.350. The molecule has 0 aliphatic heterocycles. The lowest BCUT2D eigenvalue weighted by molar-refractivity contribution is 0.303. The van der Waals surface area contributed by atoms with Gasteiger partial charge in [-0.1, -0.05) is 35.2 Å². The Bertz CT molecular complexity index is 933. The van der Waals surface area contributed by atoms with E-state index in [0.29, 0.717) is 11.1 Å². The molecule has 1 heterocycles. The maximum Gasteiger partial charge on any atom is 0.271 e. The van der Waals surface area contributed by atoms with Crippen LogP contribution in [0.3, 0.4) is 0 Å². The Morgan fingerprint density at radius 1 is 1.27 bits per heavy atom. The fourth-order valence-corrected chi connectivity index (χ4v) is 3.70. The van der Waals surface area contributed by atoms with Crippen LogP contribution >= 0.6 is 15.9 Å². The molecule has 0 spiro atoms. The van der Waals surface area contributed by atoms with Gasteiger partial charge in [0.1, 0.15) is 11.6 Å². The zero-order valence-electron chi connectivity index (χ0n) is 14.6. The summed E-state index contributed by atoms with van der Waals surface area (Å²) in [6.07, 6.45) is 6.40. The van der Waals surface area contributed by atoms with Gasteiger partial charge in [0.2, 0.25) is 5.88 Å². The van der Waals surface area contributed by atoms with Crippen molar-refractivity contribution in [2.75, 3.05) is 0 Å². The summed E-state index contributed by atoms with van der Waals surface area (Å²) < 4.78 is 2.35. The van der Waals surface area contributed by atoms with Gasteiger partial charge in [-0.2, -0.15) is 5.26 Å². The van der Waals surface area contributed by atoms with Crippen molar-refractivity contribution in [1.82, 2.24) is 4.57 Å². The molecule has 26 heavy (non-hydrogen) atoms. The molecule has 0 radical (unpaired) electrons. The summed E-state index contributed by atoms with van der Waals surface area (Å²) in [5, 5.41) is 20.3. The lowest BCUT2D eigenvalue weighted by atomic mass is 9.94. The lowest BCUT2D eigenvalue weighted by Crippen LogP contribution is -2.30. The van der Waals surface area contributed by atoms with Crippen LogP contribution in [0.5, 0.6) is 5.88 Å². The Balaban J connectivity index is 2.10. The molecule has 0 amide bonds. The third-order valence-corrected chi connectivity index (χ3v) is 5.43. The molecule has 1 aromatic carbocycles. The Morgan fingerprint density at radius 2 is 1.92 bits per heavy atom. The highest BCUT2D eigenvalue weighted by molar-refractivity contribution is 9.10. The number of aromatic nitrogens is 1. The average molecular weight is 414 g/mol. The van der Waals surface area contributed by atoms with Gasteiger partial charge in [-0.15, -0.1) is 0 Å². The van der Waals surface area contributed by atoms with Crippen molar-refractivity contribution in [3.05, 3.63) is 55.8 Å². The summed E-state index contributed by atoms with van der Waals surface area (Å²) in [7, 11) is 0. The second kappa shape index (κ2) is 7.88. The minimum atomic E-state index is -0.407. The van der Waals surface area contributed by atoms with Crippen molar-refractivity contribution in [1.29, 1.82) is 5.26 Å². The second-order valence-corrected chi connectivity index (χ2v) is 7.47. The Labute approximate surface area is 160 Å². The van der Waals surface area contributed by atoms with Gasteiger partial charge in [0.25, 0.3) is 5.56 Å². The Kier molecular flexibility index (Phi) is 5.58. The fourth-order valence-electron chi connectivity index (χ4n) is 3.44. The first kappa shape index (κ1) is 18.4. The monoisotopic (exact) mass is 413 g/mol. The SMILES string of the molecule is Cc1c(C=Nc2ccc(Br)cc2)c(O)n(C2CCCCC2)c(=O)c1C#N. The predicted octanol–water partition coefficient (Wildman–Crippen LogP) is 4.75. The predicted molar refractivity (Wildman–Crippen MR) is 105 cm³/mol. The standard InChI is InChI=1S/C20H20BrN3O2/c1-13-17(11-22)19(25)24(16-5-3-2-4-6-16)20(26)18(13)12-23-15-9-7-14(21)8-10-15/h7-10,12,16,26H,2-6H2,1H3. The van der Waals surface area contributed by atoms with Crippen LogP contribution in [0, 0.1) is 18.3 Å². The molecular weight excluding hydrogens is 394 g/mol. The summed E-state index contributed by atoms with van der Waals surface area (Å²) in [6, 6.07) is 9.38. The van der Waals surface area contributed by atoms with E-state index >= 15 is 0 Å². The molecule has 1 saturated carbocycles. The second-order valence-electron chi connectivity index (χ2n) is 6.55. The van der Waals surface area contributed by atoms with E-state index < -0.39 is 5.56 Å². The van der Waals surface area contributed by atoms with Gasteiger partial charge in [0.15, 0.2) is 0 Å². The van der Waals surface area contributed by atoms with Crippen LogP contribution in [-0.2, 0) is 0 Å². The van der Waals surface area contributed by atoms with Crippen molar-refractivity contribution in [2.24, 2.45) is 4.99 Å². The summed E-state index contributed by atoms with van der Waals surface area (Å²) >= 11 is 3.38. The van der Waals surface area contributed by atoms with E-state index in [0.717, 1.165) is 42.3 Å². The summed E-state index contributed by atoms with van der Waals surface area (Å²) in [5.74, 6) is -0.0979. The van der Waals surface area contributed by atoms with E-state index in [1.165, 1.54) is 10.8 Å². The number of nitriles is 1. The van der Waals surface area contributed by atoms with Gasteiger partial charge in [-0.05, 0) is 49.6 Å². The number of aliphatic imine (C=N–C) groups is 1. The highest BCUT2D eigenvalue weighted by atomic mass is 79.9. The normalized spacial score (nSPS) is 15.3. The van der Waals surface area contributed by atoms with Crippen molar-refractivity contribution in [3.8, 4) is 11.9 Å². The van der Waals surface area contributed by atoms with Gasteiger partial charge in [-0.25, -0.2) is 0 Å². The first-order valence-corrected chi connectivity index (χ1v) is 9.50. The maximum atomic E-state index is 12.7. The highest BCUT2D eigenvalue weighted by Crippen LogP contribution is 2.32. The smallest absolute Gasteiger partial charge is 0.271 e. The molecule has 0 bridgehead atoms. The van der Waals surface area contributed by atoms with E-state index in [-0.39, 0.29) is 17.5 Å². The summed E-state index contributed by atoms with van der Waals surface area (Å²) in [4.78, 5) is 17.1. The Hall–Kier alpha value is -2.39. The van der Waals surface area contributed by atoms with Crippen LogP contribution in [0.25, 0.3) is 0 Å². The maximum absolute atomic E-state index is 12.7. The van der Waals surface area contributed by atoms with Crippen LogP contribution in [0.4, 0.5) is 5.69 Å². The van der Waals surface area contributed by atoms with Gasteiger partial charge in [-0.3, -0.25) is 14.4 Å². The van der Waals surface area contributed by atoms with Gasteiger partial charge in [0, 0.05) is 16.7 Å². The lowest BCUT2D eigenvalue weighted by Gasteiger charge is -2.26. The van der Waals surface area contributed by atoms with E-state index in [9.17, 15) is 15.2 Å². The van der Waals surface area contributed by atoms with E-state index in [1.807, 2.05) is 30.3 Å². The third kappa shape index (κ3) is 3.58. The van der Waals surface area contributed by atoms with E-state index in [4.69, 9.17) is 0 Å². The molecule has 5 nitrogen and oxygen atoms in total. The minimum Gasteiger partial charge on any atom is -0.494 e. The zero-order chi connectivity index (χ0) is 18.7. The number of halogens is 1. The van der Waals surface area contributed by atoms with E-state index in [1.54, 1.807) is 6.92 Å². The largest absolute Gasteiger partial charge is 0.494 e. The van der Waals surface area contributed by atoms with Gasteiger partial charge < -0.3 is 5.11 Å². The molecule has 3 rings (SSSR count). The average Bonchev–Trinajstić information content (AvgIpc) is 2.64. The quantitative estimate of drug-likeness (QED) is 0.736. The van der Waals surface area contributed by atoms with Crippen LogP contribution in [0.1, 0.15) is 54.8 Å². The zero-order valence-corrected chi connectivity index (χ0v) is 16.2. The van der Waals surface area contributed by atoms with Gasteiger partial charge >= 0.3 is 0 Å². The molecule has 1 N–H and O–H groups in total. The van der Waals surface area contributed by atoms with Crippen LogP contribution in [-0.4, -0.2) is 15.9 Å². The summed E-state index contributed by atoms with van der Waals surface area (Å²) in [5.41, 5.74) is 1.28. The van der Waals surface area contributed by atoms with E-state index in [2.05, 4.69) is 20.9 Å². The molecule has 1 aliphatic carbocycles. The third-order valence-electron chi connectivity index (χ3n) is 4.90. The highest BCUT2D eigenvalue weighted by Gasteiger charge is 2.24. The number of aromatic hydroxyl groups is 1. The molecule has 1 fully saturated rings. The van der Waals surface area contributed by atoms with Crippen LogP contribution in [0.15, 0.2) is 38.5 Å². The molecule has 134 valence electrons. The molecule has 0 atom stereocenters. The molecule has 1 aromatic heterocycles. The minimum absolute atomic E-state index is 0.0659. The number of rotatable bonds is 3. The van der Waals surface area contributed by atoms with Gasteiger partial charge in [0.05, 0.1) is 11.3 Å². The molecule has 1 aliphatic rings. The molecule has 0 unspecified atom stereocenters. The number of nitrogens with zero attached hydrogens (tertiary/aromatic N) is 3. The van der Waals surface area contributed by atoms with Crippen molar-refractivity contribution in [3.63, 3.8) is 0 Å². The number of pyridine rings is 1. The number of benzene rings is 1. The molecule has 2 aromatic rings. The number of hydrogen-bond donors (Lipinski definition) is 1. The first-order chi connectivity index (χ1) is 12.5. The molecular formula is C20H20BrN3O2. The summed E-state index contributed by atoms with van der Waals surface area (Å²) in [6.45, 7) is 1.67. The van der Waals surface area contributed by atoms with Crippen molar-refractivity contribution >= 4 is 27.8 Å². The van der Waals surface area contributed by atoms with Crippen LogP contribution in [0.2, 0.25) is 0 Å². The topological polar surface area (TPSA) is 78.4 Å².